The summed E-state index contributed by atoms with van der Waals surface area (Å²) in [6.45, 7) is 5.60. The van der Waals surface area contributed by atoms with Gasteiger partial charge in [0.1, 0.15) is 12.4 Å². The lowest BCUT2D eigenvalue weighted by Crippen LogP contribution is -2.11. The Labute approximate surface area is 123 Å². The van der Waals surface area contributed by atoms with Gasteiger partial charge in [0, 0.05) is 26.1 Å². The predicted molar refractivity (Wildman–Crippen MR) is 79.0 cm³/mol. The number of aryl methyl sites for hydroxylation is 1. The molecule has 0 spiro atoms. The smallest absolute Gasteiger partial charge is 0.163 e. The van der Waals surface area contributed by atoms with Gasteiger partial charge in [-0.05, 0) is 13.3 Å². The summed E-state index contributed by atoms with van der Waals surface area (Å²) in [5.41, 5.74) is 0.823. The normalized spacial score (nSPS) is 18.5. The van der Waals surface area contributed by atoms with Crippen LogP contribution >= 0.6 is 0 Å². The number of aromatic nitrogens is 4. The van der Waals surface area contributed by atoms with E-state index in [1.165, 1.54) is 0 Å². The van der Waals surface area contributed by atoms with Gasteiger partial charge in [-0.25, -0.2) is 9.97 Å². The van der Waals surface area contributed by atoms with Crippen molar-refractivity contribution in [1.82, 2.24) is 19.7 Å². The molecule has 1 fully saturated rings. The number of ether oxygens (including phenoxy) is 2. The highest BCUT2D eigenvalue weighted by molar-refractivity contribution is 5.86. The second-order valence-corrected chi connectivity index (χ2v) is 5.27. The minimum atomic E-state index is 0.413. The van der Waals surface area contributed by atoms with Crippen molar-refractivity contribution in [2.45, 2.75) is 20.0 Å². The molecule has 3 rings (SSSR count). The maximum Gasteiger partial charge on any atom is 0.163 e. The van der Waals surface area contributed by atoms with Crippen LogP contribution in [-0.4, -0.2) is 46.1 Å². The number of nitrogens with one attached hydrogen (secondary N) is 1. The molecule has 0 amide bonds. The van der Waals surface area contributed by atoms with Crippen molar-refractivity contribution in [3.05, 3.63) is 12.0 Å². The number of rotatable bonds is 6. The second kappa shape index (κ2) is 6.36. The molecule has 7 nitrogen and oxygen atoms in total. The zero-order valence-corrected chi connectivity index (χ0v) is 12.5. The molecule has 0 bridgehead atoms. The largest absolute Gasteiger partial charge is 0.381 e. The molecular weight excluding hydrogens is 270 g/mol. The van der Waals surface area contributed by atoms with Crippen LogP contribution in [0.5, 0.6) is 0 Å². The van der Waals surface area contributed by atoms with Gasteiger partial charge < -0.3 is 14.8 Å². The van der Waals surface area contributed by atoms with Crippen LogP contribution in [0.2, 0.25) is 0 Å². The zero-order valence-electron chi connectivity index (χ0n) is 12.5. The number of fused-ring (bicyclic) bond motifs is 1. The maximum absolute atomic E-state index is 5.74. The van der Waals surface area contributed by atoms with Crippen molar-refractivity contribution in [3.63, 3.8) is 0 Å². The van der Waals surface area contributed by atoms with E-state index in [1.54, 1.807) is 10.9 Å². The first-order valence-electron chi connectivity index (χ1n) is 7.36. The van der Waals surface area contributed by atoms with Gasteiger partial charge in [0.15, 0.2) is 11.5 Å². The van der Waals surface area contributed by atoms with E-state index in [9.17, 15) is 0 Å². The highest BCUT2D eigenvalue weighted by Crippen LogP contribution is 2.20. The van der Waals surface area contributed by atoms with Crippen LogP contribution in [0, 0.1) is 5.92 Å². The van der Waals surface area contributed by atoms with Gasteiger partial charge in [-0.2, -0.15) is 5.10 Å². The molecule has 2 aromatic rings. The number of hydrogen-bond donors (Lipinski definition) is 1. The van der Waals surface area contributed by atoms with Crippen LogP contribution in [0.3, 0.4) is 0 Å². The van der Waals surface area contributed by atoms with E-state index >= 15 is 0 Å². The quantitative estimate of drug-likeness (QED) is 0.866. The maximum atomic E-state index is 5.74. The van der Waals surface area contributed by atoms with E-state index in [4.69, 9.17) is 9.47 Å². The van der Waals surface area contributed by atoms with Gasteiger partial charge >= 0.3 is 0 Å². The molecule has 2 aromatic heterocycles. The first kappa shape index (κ1) is 14.2. The Balaban J connectivity index is 1.73. The molecule has 7 heteroatoms. The number of hydrogen-bond acceptors (Lipinski definition) is 6. The van der Waals surface area contributed by atoms with Gasteiger partial charge in [-0.1, -0.05) is 0 Å². The Bertz CT molecular complexity index is 607. The molecule has 0 saturated carbocycles. The van der Waals surface area contributed by atoms with Crippen LogP contribution in [0.4, 0.5) is 5.82 Å². The van der Waals surface area contributed by atoms with Crippen molar-refractivity contribution in [3.8, 4) is 0 Å². The van der Waals surface area contributed by atoms with Crippen LogP contribution in [-0.2, 0) is 23.1 Å². The molecule has 1 unspecified atom stereocenters. The third-order valence-electron chi connectivity index (χ3n) is 3.59. The summed E-state index contributed by atoms with van der Waals surface area (Å²) in [4.78, 5) is 9.07. The van der Waals surface area contributed by atoms with Crippen molar-refractivity contribution in [1.29, 1.82) is 0 Å². The van der Waals surface area contributed by atoms with Crippen molar-refractivity contribution < 1.29 is 9.47 Å². The van der Waals surface area contributed by atoms with E-state index < -0.39 is 0 Å². The highest BCUT2D eigenvalue weighted by atomic mass is 16.5. The lowest BCUT2D eigenvalue weighted by atomic mass is 10.1. The minimum Gasteiger partial charge on any atom is -0.381 e. The number of nitrogens with zero attached hydrogens (tertiary/aromatic N) is 4. The summed E-state index contributed by atoms with van der Waals surface area (Å²) in [5.74, 6) is 2.00. The SMILES string of the molecule is CCNc1nc(COCC2CCOC2)nc2c1cnn2C. The highest BCUT2D eigenvalue weighted by Gasteiger charge is 2.16. The third-order valence-corrected chi connectivity index (χ3v) is 3.59. The standard InChI is InChI=1S/C14H21N5O2/c1-3-15-13-11-6-16-19(2)14(11)18-12(17-13)9-21-8-10-4-5-20-7-10/h6,10H,3-5,7-9H2,1-2H3,(H,15,17,18). The fraction of sp³-hybridized carbons (Fsp3) is 0.643. The summed E-state index contributed by atoms with van der Waals surface area (Å²) in [7, 11) is 1.88. The van der Waals surface area contributed by atoms with Gasteiger partial charge in [-0.3, -0.25) is 4.68 Å². The molecule has 1 atom stereocenters. The summed E-state index contributed by atoms with van der Waals surface area (Å²) in [5, 5.41) is 8.43. The van der Waals surface area contributed by atoms with Crippen LogP contribution < -0.4 is 5.32 Å². The minimum absolute atomic E-state index is 0.413. The fourth-order valence-electron chi connectivity index (χ4n) is 2.47. The number of anilines is 1. The van der Waals surface area contributed by atoms with Gasteiger partial charge in [0.05, 0.1) is 24.8 Å². The Morgan fingerprint density at radius 1 is 1.48 bits per heavy atom. The molecule has 0 aromatic carbocycles. The van der Waals surface area contributed by atoms with Crippen molar-refractivity contribution in [2.75, 3.05) is 31.7 Å². The average molecular weight is 291 g/mol. The molecule has 114 valence electrons. The van der Waals surface area contributed by atoms with Crippen molar-refractivity contribution in [2.24, 2.45) is 13.0 Å². The summed E-state index contributed by atoms with van der Waals surface area (Å²) >= 11 is 0. The summed E-state index contributed by atoms with van der Waals surface area (Å²) in [6.07, 6.45) is 2.86. The third kappa shape index (κ3) is 3.14. The summed E-state index contributed by atoms with van der Waals surface area (Å²) in [6, 6.07) is 0. The lowest BCUT2D eigenvalue weighted by molar-refractivity contribution is 0.0755. The lowest BCUT2D eigenvalue weighted by Gasteiger charge is -2.10. The first-order chi connectivity index (χ1) is 10.3. The first-order valence-corrected chi connectivity index (χ1v) is 7.36. The fourth-order valence-corrected chi connectivity index (χ4v) is 2.47. The van der Waals surface area contributed by atoms with Gasteiger partial charge in [0.25, 0.3) is 0 Å². The molecular formula is C14H21N5O2. The van der Waals surface area contributed by atoms with Crippen LogP contribution in [0.25, 0.3) is 11.0 Å². The Hall–Kier alpha value is -1.73. The van der Waals surface area contributed by atoms with Gasteiger partial charge in [-0.15, -0.1) is 0 Å². The molecule has 1 aliphatic rings. The average Bonchev–Trinajstić information content (AvgIpc) is 3.10. The molecule has 0 radical (unpaired) electrons. The predicted octanol–water partition coefficient (Wildman–Crippen LogP) is 1.35. The van der Waals surface area contributed by atoms with Crippen LogP contribution in [0.1, 0.15) is 19.2 Å². The molecule has 0 aliphatic carbocycles. The van der Waals surface area contributed by atoms with E-state index in [2.05, 4.69) is 20.4 Å². The molecule has 3 heterocycles. The van der Waals surface area contributed by atoms with Gasteiger partial charge in [0.2, 0.25) is 0 Å². The van der Waals surface area contributed by atoms with E-state index in [0.717, 1.165) is 43.0 Å². The van der Waals surface area contributed by atoms with E-state index in [-0.39, 0.29) is 0 Å². The zero-order chi connectivity index (χ0) is 14.7. The molecule has 1 aliphatic heterocycles. The molecule has 1 saturated heterocycles. The monoisotopic (exact) mass is 291 g/mol. The van der Waals surface area contributed by atoms with E-state index in [0.29, 0.717) is 25.0 Å². The summed E-state index contributed by atoms with van der Waals surface area (Å²) < 4.78 is 12.8. The second-order valence-electron chi connectivity index (χ2n) is 5.27. The van der Waals surface area contributed by atoms with E-state index in [1.807, 2.05) is 14.0 Å². The van der Waals surface area contributed by atoms with Crippen LogP contribution in [0.15, 0.2) is 6.20 Å². The molecule has 1 N–H and O–H groups in total. The Morgan fingerprint density at radius 3 is 3.14 bits per heavy atom. The topological polar surface area (TPSA) is 74.1 Å². The Morgan fingerprint density at radius 2 is 2.38 bits per heavy atom. The van der Waals surface area contributed by atoms with Crippen molar-refractivity contribution >= 4 is 16.9 Å². The Kier molecular flexibility index (Phi) is 4.31. The molecule has 21 heavy (non-hydrogen) atoms.